The van der Waals surface area contributed by atoms with Gasteiger partial charge < -0.3 is 9.64 Å². The van der Waals surface area contributed by atoms with E-state index in [9.17, 15) is 18.0 Å². The van der Waals surface area contributed by atoms with Crippen LogP contribution < -0.4 is 0 Å². The fourth-order valence-corrected chi connectivity index (χ4v) is 2.24. The van der Waals surface area contributed by atoms with Gasteiger partial charge in [0, 0.05) is 17.9 Å². The summed E-state index contributed by atoms with van der Waals surface area (Å²) in [6.07, 6.45) is -3.60. The minimum Gasteiger partial charge on any atom is -0.362 e. The third kappa shape index (κ3) is 4.76. The third-order valence-electron chi connectivity index (χ3n) is 2.94. The molecule has 106 valence electrons. The molecule has 1 rings (SSSR count). The molecule has 0 aromatic heterocycles. The summed E-state index contributed by atoms with van der Waals surface area (Å²) in [6.45, 7) is 3.22. The van der Waals surface area contributed by atoms with Crippen molar-refractivity contribution in [3.63, 3.8) is 0 Å². The minimum absolute atomic E-state index is 0.0854. The van der Waals surface area contributed by atoms with Crippen LogP contribution in [0.3, 0.4) is 0 Å². The van der Waals surface area contributed by atoms with Crippen LogP contribution in [0.2, 0.25) is 0 Å². The number of likely N-dealkylation sites (tertiary alicyclic amines) is 1. The summed E-state index contributed by atoms with van der Waals surface area (Å²) >= 11 is 3.55. The molecule has 0 aliphatic carbocycles. The number of carbonyl (C=O) groups is 1. The first kappa shape index (κ1) is 15.8. The lowest BCUT2D eigenvalue weighted by Crippen LogP contribution is -2.49. The van der Waals surface area contributed by atoms with Crippen molar-refractivity contribution in [2.24, 2.45) is 5.41 Å². The lowest BCUT2D eigenvalue weighted by Gasteiger charge is -2.41. The zero-order chi connectivity index (χ0) is 14.0. The summed E-state index contributed by atoms with van der Waals surface area (Å²) in [6, 6.07) is 0. The van der Waals surface area contributed by atoms with Gasteiger partial charge in [0.25, 0.3) is 0 Å². The van der Waals surface area contributed by atoms with Crippen molar-refractivity contribution in [1.29, 1.82) is 0 Å². The number of hydrogen-bond acceptors (Lipinski definition) is 2. The maximum absolute atomic E-state index is 11.9. The summed E-state index contributed by atoms with van der Waals surface area (Å²) in [7, 11) is 0. The lowest BCUT2D eigenvalue weighted by atomic mass is 9.84. The minimum atomic E-state index is -4.39. The van der Waals surface area contributed by atoms with Crippen molar-refractivity contribution in [3.05, 3.63) is 0 Å². The van der Waals surface area contributed by atoms with E-state index in [0.29, 0.717) is 17.9 Å². The molecule has 1 fully saturated rings. The number of carbonyl (C=O) groups excluding carboxylic acids is 1. The van der Waals surface area contributed by atoms with E-state index >= 15 is 0 Å². The Labute approximate surface area is 113 Å². The topological polar surface area (TPSA) is 29.5 Å². The zero-order valence-corrected chi connectivity index (χ0v) is 12.0. The number of ether oxygens (including phenoxy) is 1. The summed E-state index contributed by atoms with van der Waals surface area (Å²) in [5.74, 6) is -0.383. The summed E-state index contributed by atoms with van der Waals surface area (Å²) in [5, 5.41) is 0. The molecule has 0 bridgehead atoms. The van der Waals surface area contributed by atoms with Crippen LogP contribution in [-0.4, -0.2) is 48.1 Å². The van der Waals surface area contributed by atoms with Gasteiger partial charge in [-0.2, -0.15) is 13.2 Å². The van der Waals surface area contributed by atoms with E-state index in [4.69, 9.17) is 0 Å². The monoisotopic (exact) mass is 331 g/mol. The Morgan fingerprint density at radius 3 is 2.61 bits per heavy atom. The second kappa shape index (κ2) is 5.77. The Bertz CT molecular complexity index is 307. The number of hydrogen-bond donors (Lipinski definition) is 0. The number of rotatable bonds is 3. The fourth-order valence-electron chi connectivity index (χ4n) is 1.89. The van der Waals surface area contributed by atoms with Crippen molar-refractivity contribution in [2.75, 3.05) is 26.3 Å². The van der Waals surface area contributed by atoms with Gasteiger partial charge in [0.1, 0.15) is 13.2 Å². The van der Waals surface area contributed by atoms with Crippen LogP contribution in [0.5, 0.6) is 0 Å². The van der Waals surface area contributed by atoms with Gasteiger partial charge in [0.2, 0.25) is 5.91 Å². The maximum atomic E-state index is 11.9. The van der Waals surface area contributed by atoms with Gasteiger partial charge in [-0.25, -0.2) is 0 Å². The van der Waals surface area contributed by atoms with E-state index in [-0.39, 0.29) is 11.3 Å². The highest BCUT2D eigenvalue weighted by molar-refractivity contribution is 9.09. The first-order valence-corrected chi connectivity index (χ1v) is 6.60. The van der Waals surface area contributed by atoms with Crippen LogP contribution >= 0.6 is 15.9 Å². The van der Waals surface area contributed by atoms with E-state index in [1.807, 2.05) is 13.8 Å². The van der Waals surface area contributed by atoms with Gasteiger partial charge in [-0.15, -0.1) is 0 Å². The number of amides is 1. The summed E-state index contributed by atoms with van der Waals surface area (Å²) < 4.78 is 40.0. The molecule has 0 radical (unpaired) electrons. The Morgan fingerprint density at radius 2 is 2.11 bits per heavy atom. The standard InChI is InChI=1S/C11H17BrF3NO2/c1-10(2)6-16(4-3-8(10)12)9(17)5-18-7-11(13,14)15/h8H,3-7H2,1-2H3. The molecule has 1 saturated heterocycles. The first-order valence-electron chi connectivity index (χ1n) is 5.68. The molecule has 1 atom stereocenters. The fraction of sp³-hybridized carbons (Fsp3) is 0.909. The number of nitrogens with zero attached hydrogens (tertiary/aromatic N) is 1. The maximum Gasteiger partial charge on any atom is 0.411 e. The van der Waals surface area contributed by atoms with Gasteiger partial charge in [-0.1, -0.05) is 29.8 Å². The molecule has 0 spiro atoms. The highest BCUT2D eigenvalue weighted by Gasteiger charge is 2.36. The largest absolute Gasteiger partial charge is 0.411 e. The second-order valence-electron chi connectivity index (χ2n) is 5.17. The Balaban J connectivity index is 2.39. The van der Waals surface area contributed by atoms with Gasteiger partial charge >= 0.3 is 6.18 Å². The molecule has 3 nitrogen and oxygen atoms in total. The average molecular weight is 332 g/mol. The highest BCUT2D eigenvalue weighted by Crippen LogP contribution is 2.34. The van der Waals surface area contributed by atoms with E-state index in [2.05, 4.69) is 20.7 Å². The Morgan fingerprint density at radius 1 is 1.50 bits per heavy atom. The van der Waals surface area contributed by atoms with Crippen molar-refractivity contribution >= 4 is 21.8 Å². The van der Waals surface area contributed by atoms with Gasteiger partial charge in [0.05, 0.1) is 0 Å². The smallest absolute Gasteiger partial charge is 0.362 e. The van der Waals surface area contributed by atoms with E-state index < -0.39 is 19.4 Å². The number of piperidine rings is 1. The van der Waals surface area contributed by atoms with Crippen LogP contribution in [0.15, 0.2) is 0 Å². The van der Waals surface area contributed by atoms with Gasteiger partial charge in [-0.05, 0) is 11.8 Å². The summed E-state index contributed by atoms with van der Waals surface area (Å²) in [5.41, 5.74) is -0.0854. The van der Waals surface area contributed by atoms with E-state index in [0.717, 1.165) is 6.42 Å². The van der Waals surface area contributed by atoms with Gasteiger partial charge in [-0.3, -0.25) is 4.79 Å². The average Bonchev–Trinajstić information content (AvgIpc) is 2.20. The van der Waals surface area contributed by atoms with Gasteiger partial charge in [0.15, 0.2) is 0 Å². The van der Waals surface area contributed by atoms with Crippen molar-refractivity contribution in [1.82, 2.24) is 4.90 Å². The van der Waals surface area contributed by atoms with E-state index in [1.54, 1.807) is 4.90 Å². The lowest BCUT2D eigenvalue weighted by molar-refractivity contribution is -0.178. The molecule has 18 heavy (non-hydrogen) atoms. The molecule has 7 heteroatoms. The van der Waals surface area contributed by atoms with Crippen molar-refractivity contribution < 1.29 is 22.7 Å². The first-order chi connectivity index (χ1) is 8.12. The number of halogens is 4. The molecule has 1 aliphatic heterocycles. The van der Waals surface area contributed by atoms with Crippen LogP contribution in [0, 0.1) is 5.41 Å². The predicted molar refractivity (Wildman–Crippen MR) is 64.6 cm³/mol. The normalized spacial score (nSPS) is 24.1. The predicted octanol–water partition coefficient (Wildman–Crippen LogP) is 2.59. The van der Waals surface area contributed by atoms with Crippen LogP contribution in [0.25, 0.3) is 0 Å². The zero-order valence-electron chi connectivity index (χ0n) is 10.4. The second-order valence-corrected chi connectivity index (χ2v) is 6.27. The molecule has 1 heterocycles. The quantitative estimate of drug-likeness (QED) is 0.744. The van der Waals surface area contributed by atoms with Crippen molar-refractivity contribution in [3.8, 4) is 0 Å². The highest BCUT2D eigenvalue weighted by atomic mass is 79.9. The molecule has 1 aliphatic rings. The molecule has 1 amide bonds. The SMILES string of the molecule is CC1(C)CN(C(=O)COCC(F)(F)F)CCC1Br. The molecule has 0 N–H and O–H groups in total. The third-order valence-corrected chi connectivity index (χ3v) is 4.64. The molecule has 0 aromatic rings. The Kier molecular flexibility index (Phi) is 5.05. The van der Waals surface area contributed by atoms with Crippen LogP contribution in [-0.2, 0) is 9.53 Å². The number of alkyl halides is 4. The Hall–Kier alpha value is -0.300. The van der Waals surface area contributed by atoms with Crippen LogP contribution in [0.4, 0.5) is 13.2 Å². The van der Waals surface area contributed by atoms with E-state index in [1.165, 1.54) is 0 Å². The van der Waals surface area contributed by atoms with Crippen molar-refractivity contribution in [2.45, 2.75) is 31.3 Å². The molecule has 0 saturated carbocycles. The molecular weight excluding hydrogens is 315 g/mol. The van der Waals surface area contributed by atoms with Crippen LogP contribution in [0.1, 0.15) is 20.3 Å². The molecular formula is C11H17BrF3NO2. The molecule has 1 unspecified atom stereocenters. The molecule has 0 aromatic carbocycles. The summed E-state index contributed by atoms with van der Waals surface area (Å²) in [4.78, 5) is 13.6.